The Labute approximate surface area is 119 Å². The van der Waals surface area contributed by atoms with Gasteiger partial charge in [-0.2, -0.15) is 0 Å². The summed E-state index contributed by atoms with van der Waals surface area (Å²) in [6.07, 6.45) is 3.88. The van der Waals surface area contributed by atoms with E-state index < -0.39 is 16.0 Å². The zero-order chi connectivity index (χ0) is 15.2. The van der Waals surface area contributed by atoms with Gasteiger partial charge in [0.2, 0.25) is 10.0 Å². The Bertz CT molecular complexity index is 572. The van der Waals surface area contributed by atoms with Crippen LogP contribution >= 0.6 is 0 Å². The van der Waals surface area contributed by atoms with Crippen molar-refractivity contribution < 1.29 is 18.3 Å². The van der Waals surface area contributed by atoms with Crippen molar-refractivity contribution in [1.82, 2.24) is 4.72 Å². The van der Waals surface area contributed by atoms with Crippen LogP contribution in [0.1, 0.15) is 32.3 Å². The Kier molecular flexibility index (Phi) is 5.91. The summed E-state index contributed by atoms with van der Waals surface area (Å²) in [6.45, 7) is 3.85. The van der Waals surface area contributed by atoms with E-state index in [2.05, 4.69) is 4.72 Å². The maximum absolute atomic E-state index is 12.1. The quantitative estimate of drug-likeness (QED) is 0.756. The SMILES string of the molecule is CCC(CC)NS(=O)(=O)c1ccc(/C=C/C(=O)O)cc1. The van der Waals surface area contributed by atoms with Crippen LogP contribution in [0.3, 0.4) is 0 Å². The Balaban J connectivity index is 2.89. The fourth-order valence-corrected chi connectivity index (χ4v) is 3.07. The first kappa shape index (κ1) is 16.4. The molecule has 110 valence electrons. The van der Waals surface area contributed by atoms with Crippen LogP contribution in [0, 0.1) is 0 Å². The summed E-state index contributed by atoms with van der Waals surface area (Å²) in [4.78, 5) is 10.6. The second kappa shape index (κ2) is 7.21. The van der Waals surface area contributed by atoms with Gasteiger partial charge >= 0.3 is 5.97 Å². The van der Waals surface area contributed by atoms with E-state index in [0.717, 1.165) is 18.9 Å². The molecule has 1 rings (SSSR count). The molecule has 0 fully saturated rings. The third-order valence-corrected chi connectivity index (χ3v) is 4.45. The molecule has 0 aliphatic rings. The van der Waals surface area contributed by atoms with Crippen molar-refractivity contribution in [1.29, 1.82) is 0 Å². The van der Waals surface area contributed by atoms with Gasteiger partial charge in [0.15, 0.2) is 0 Å². The standard InChI is InChI=1S/C14H19NO4S/c1-3-12(4-2)15-20(18,19)13-8-5-11(6-9-13)7-10-14(16)17/h5-10,12,15H,3-4H2,1-2H3,(H,16,17)/b10-7+. The van der Waals surface area contributed by atoms with Crippen molar-refractivity contribution >= 4 is 22.1 Å². The molecule has 0 heterocycles. The minimum Gasteiger partial charge on any atom is -0.478 e. The summed E-state index contributed by atoms with van der Waals surface area (Å²) in [6, 6.07) is 5.99. The van der Waals surface area contributed by atoms with E-state index in [9.17, 15) is 13.2 Å². The Hall–Kier alpha value is -1.66. The van der Waals surface area contributed by atoms with Crippen LogP contribution in [0.2, 0.25) is 0 Å². The van der Waals surface area contributed by atoms with E-state index in [1.54, 1.807) is 12.1 Å². The molecule has 5 nitrogen and oxygen atoms in total. The maximum atomic E-state index is 12.1. The van der Waals surface area contributed by atoms with E-state index in [4.69, 9.17) is 5.11 Å². The second-order valence-electron chi connectivity index (χ2n) is 4.38. The van der Waals surface area contributed by atoms with E-state index >= 15 is 0 Å². The van der Waals surface area contributed by atoms with Crippen LogP contribution in [0.4, 0.5) is 0 Å². The molecule has 0 spiro atoms. The highest BCUT2D eigenvalue weighted by Crippen LogP contribution is 2.13. The molecule has 0 atom stereocenters. The first-order valence-electron chi connectivity index (χ1n) is 6.42. The smallest absolute Gasteiger partial charge is 0.328 e. The van der Waals surface area contributed by atoms with Gasteiger partial charge in [0, 0.05) is 12.1 Å². The van der Waals surface area contributed by atoms with Crippen LogP contribution in [0.5, 0.6) is 0 Å². The highest BCUT2D eigenvalue weighted by molar-refractivity contribution is 7.89. The molecular weight excluding hydrogens is 278 g/mol. The first-order valence-corrected chi connectivity index (χ1v) is 7.90. The van der Waals surface area contributed by atoms with Crippen LogP contribution in [-0.4, -0.2) is 25.5 Å². The normalized spacial score (nSPS) is 12.2. The molecule has 0 saturated carbocycles. The summed E-state index contributed by atoms with van der Waals surface area (Å²) in [5.41, 5.74) is 0.633. The van der Waals surface area contributed by atoms with Crippen LogP contribution in [-0.2, 0) is 14.8 Å². The number of benzene rings is 1. The van der Waals surface area contributed by atoms with Crippen LogP contribution in [0.15, 0.2) is 35.2 Å². The molecule has 1 aromatic rings. The zero-order valence-electron chi connectivity index (χ0n) is 11.5. The lowest BCUT2D eigenvalue weighted by atomic mass is 10.2. The van der Waals surface area contributed by atoms with Crippen molar-refractivity contribution in [3.05, 3.63) is 35.9 Å². The molecule has 0 aliphatic heterocycles. The van der Waals surface area contributed by atoms with Gasteiger partial charge in [-0.3, -0.25) is 0 Å². The van der Waals surface area contributed by atoms with Gasteiger partial charge in [-0.05, 0) is 36.6 Å². The van der Waals surface area contributed by atoms with Crippen molar-refractivity contribution in [3.63, 3.8) is 0 Å². The molecule has 0 radical (unpaired) electrons. The van der Waals surface area contributed by atoms with Gasteiger partial charge < -0.3 is 5.11 Å². The molecule has 0 amide bonds. The van der Waals surface area contributed by atoms with Crippen molar-refractivity contribution in [2.24, 2.45) is 0 Å². The van der Waals surface area contributed by atoms with Gasteiger partial charge in [0.25, 0.3) is 0 Å². The highest BCUT2D eigenvalue weighted by atomic mass is 32.2. The molecule has 6 heteroatoms. The minimum atomic E-state index is -3.52. The van der Waals surface area contributed by atoms with Crippen LogP contribution < -0.4 is 4.72 Å². The molecule has 0 unspecified atom stereocenters. The Morgan fingerprint density at radius 1 is 1.25 bits per heavy atom. The number of sulfonamides is 1. The highest BCUT2D eigenvalue weighted by Gasteiger charge is 2.17. The predicted molar refractivity (Wildman–Crippen MR) is 77.8 cm³/mol. The number of carboxylic acids is 1. The fraction of sp³-hybridized carbons (Fsp3) is 0.357. The Morgan fingerprint density at radius 3 is 2.25 bits per heavy atom. The molecule has 0 aromatic heterocycles. The zero-order valence-corrected chi connectivity index (χ0v) is 12.4. The van der Waals surface area contributed by atoms with E-state index in [0.29, 0.717) is 5.56 Å². The second-order valence-corrected chi connectivity index (χ2v) is 6.09. The third kappa shape index (κ3) is 4.79. The van der Waals surface area contributed by atoms with Gasteiger partial charge in [-0.25, -0.2) is 17.9 Å². The molecule has 2 N–H and O–H groups in total. The van der Waals surface area contributed by atoms with E-state index in [-0.39, 0.29) is 10.9 Å². The third-order valence-electron chi connectivity index (χ3n) is 2.92. The van der Waals surface area contributed by atoms with Gasteiger partial charge in [-0.1, -0.05) is 26.0 Å². The topological polar surface area (TPSA) is 83.5 Å². The number of rotatable bonds is 7. The number of nitrogens with one attached hydrogen (secondary N) is 1. The lowest BCUT2D eigenvalue weighted by molar-refractivity contribution is -0.131. The van der Waals surface area contributed by atoms with E-state index in [1.807, 2.05) is 13.8 Å². The number of carboxylic acid groups (broad SMARTS) is 1. The first-order chi connectivity index (χ1) is 9.39. The number of hydrogen-bond donors (Lipinski definition) is 2. The predicted octanol–water partition coefficient (Wildman–Crippen LogP) is 2.25. The minimum absolute atomic E-state index is 0.0772. The molecule has 0 saturated heterocycles. The maximum Gasteiger partial charge on any atom is 0.328 e. The average molecular weight is 297 g/mol. The summed E-state index contributed by atoms with van der Waals surface area (Å²) in [7, 11) is -3.52. The van der Waals surface area contributed by atoms with Gasteiger partial charge in [-0.15, -0.1) is 0 Å². The number of carbonyl (C=O) groups is 1. The van der Waals surface area contributed by atoms with E-state index in [1.165, 1.54) is 18.2 Å². The van der Waals surface area contributed by atoms with Gasteiger partial charge in [0.05, 0.1) is 4.90 Å². The largest absolute Gasteiger partial charge is 0.478 e. The molecule has 20 heavy (non-hydrogen) atoms. The van der Waals surface area contributed by atoms with Crippen molar-refractivity contribution in [2.75, 3.05) is 0 Å². The fourth-order valence-electron chi connectivity index (χ4n) is 1.67. The average Bonchev–Trinajstić information content (AvgIpc) is 2.43. The number of aliphatic carboxylic acids is 1. The summed E-state index contributed by atoms with van der Waals surface area (Å²) in [5, 5.41) is 8.52. The molecule has 1 aromatic carbocycles. The summed E-state index contributed by atoms with van der Waals surface area (Å²) < 4.78 is 26.9. The van der Waals surface area contributed by atoms with Crippen LogP contribution in [0.25, 0.3) is 6.08 Å². The van der Waals surface area contributed by atoms with Crippen molar-refractivity contribution in [3.8, 4) is 0 Å². The lowest BCUT2D eigenvalue weighted by Crippen LogP contribution is -2.33. The molecular formula is C14H19NO4S. The van der Waals surface area contributed by atoms with Crippen molar-refractivity contribution in [2.45, 2.75) is 37.6 Å². The molecule has 0 bridgehead atoms. The monoisotopic (exact) mass is 297 g/mol. The summed E-state index contributed by atoms with van der Waals surface area (Å²) >= 11 is 0. The molecule has 0 aliphatic carbocycles. The van der Waals surface area contributed by atoms with Gasteiger partial charge in [0.1, 0.15) is 0 Å². The summed E-state index contributed by atoms with van der Waals surface area (Å²) in [5.74, 6) is -1.04. The lowest BCUT2D eigenvalue weighted by Gasteiger charge is -2.15. The Morgan fingerprint density at radius 2 is 1.80 bits per heavy atom. The number of hydrogen-bond acceptors (Lipinski definition) is 3.